The van der Waals surface area contributed by atoms with Gasteiger partial charge in [-0.2, -0.15) is 0 Å². The van der Waals surface area contributed by atoms with E-state index in [4.69, 9.17) is 9.47 Å². The molecule has 2 aromatic carbocycles. The molecule has 0 saturated carbocycles. The van der Waals surface area contributed by atoms with Crippen molar-refractivity contribution in [3.63, 3.8) is 0 Å². The van der Waals surface area contributed by atoms with E-state index in [0.29, 0.717) is 18.1 Å². The predicted octanol–water partition coefficient (Wildman–Crippen LogP) is 6.40. The van der Waals surface area contributed by atoms with Crippen molar-refractivity contribution in [2.24, 2.45) is 0 Å². The SMILES string of the molecule is CCCCCCCCNCc1cc(OC)c(OCc2ccc([N+](=O)[O-])cc2)cc1Br. The number of nitro groups is 1. The van der Waals surface area contributed by atoms with Gasteiger partial charge in [0.05, 0.1) is 12.0 Å². The maximum Gasteiger partial charge on any atom is 0.269 e. The quantitative estimate of drug-likeness (QED) is 0.193. The number of ether oxygens (including phenoxy) is 2. The molecule has 0 aliphatic rings. The third kappa shape index (κ3) is 7.95. The molecule has 7 heteroatoms. The zero-order valence-corrected chi connectivity index (χ0v) is 19.4. The fraction of sp³-hybridized carbons (Fsp3) is 0.478. The van der Waals surface area contributed by atoms with Crippen molar-refractivity contribution in [3.8, 4) is 11.5 Å². The fourth-order valence-electron chi connectivity index (χ4n) is 3.11. The second kappa shape index (κ2) is 13.2. The summed E-state index contributed by atoms with van der Waals surface area (Å²) in [5, 5.41) is 14.3. The third-order valence-corrected chi connectivity index (χ3v) is 5.63. The van der Waals surface area contributed by atoms with E-state index in [-0.39, 0.29) is 5.69 Å². The smallest absolute Gasteiger partial charge is 0.269 e. The molecule has 0 aliphatic carbocycles. The Balaban J connectivity index is 1.86. The van der Waals surface area contributed by atoms with Crippen LogP contribution in [0.15, 0.2) is 40.9 Å². The number of rotatable bonds is 14. The summed E-state index contributed by atoms with van der Waals surface area (Å²) in [5.41, 5.74) is 2.03. The van der Waals surface area contributed by atoms with Gasteiger partial charge in [-0.05, 0) is 48.4 Å². The van der Waals surface area contributed by atoms with Crippen LogP contribution in [0.5, 0.6) is 11.5 Å². The maximum atomic E-state index is 10.8. The molecular formula is C23H31BrN2O4. The zero-order valence-electron chi connectivity index (χ0n) is 17.8. The molecule has 164 valence electrons. The Hall–Kier alpha value is -2.12. The molecule has 0 heterocycles. The number of nitrogens with one attached hydrogen (secondary N) is 1. The minimum Gasteiger partial charge on any atom is -0.493 e. The molecule has 30 heavy (non-hydrogen) atoms. The number of nitrogens with zero attached hydrogens (tertiary/aromatic N) is 1. The highest BCUT2D eigenvalue weighted by Crippen LogP contribution is 2.34. The molecule has 0 bridgehead atoms. The summed E-state index contributed by atoms with van der Waals surface area (Å²) < 4.78 is 12.4. The normalized spacial score (nSPS) is 10.8. The molecule has 2 aromatic rings. The number of unbranched alkanes of at least 4 members (excludes halogenated alkanes) is 5. The van der Waals surface area contributed by atoms with Gasteiger partial charge in [-0.1, -0.05) is 55.0 Å². The van der Waals surface area contributed by atoms with Gasteiger partial charge in [0, 0.05) is 23.2 Å². The van der Waals surface area contributed by atoms with E-state index in [1.807, 2.05) is 12.1 Å². The minimum absolute atomic E-state index is 0.0666. The van der Waals surface area contributed by atoms with Crippen LogP contribution in [0.1, 0.15) is 56.6 Å². The molecule has 0 unspecified atom stereocenters. The molecular weight excluding hydrogens is 448 g/mol. The van der Waals surface area contributed by atoms with Crippen molar-refractivity contribution < 1.29 is 14.4 Å². The molecule has 0 amide bonds. The molecule has 0 saturated heterocycles. The van der Waals surface area contributed by atoms with Crippen molar-refractivity contribution in [2.75, 3.05) is 13.7 Å². The largest absolute Gasteiger partial charge is 0.493 e. The summed E-state index contributed by atoms with van der Waals surface area (Å²) in [5.74, 6) is 1.29. The third-order valence-electron chi connectivity index (χ3n) is 4.90. The highest BCUT2D eigenvalue weighted by atomic mass is 79.9. The summed E-state index contributed by atoms with van der Waals surface area (Å²) >= 11 is 3.62. The zero-order chi connectivity index (χ0) is 21.8. The number of methoxy groups -OCH3 is 1. The van der Waals surface area contributed by atoms with Gasteiger partial charge < -0.3 is 14.8 Å². The maximum absolute atomic E-state index is 10.8. The van der Waals surface area contributed by atoms with Crippen LogP contribution >= 0.6 is 15.9 Å². The highest BCUT2D eigenvalue weighted by Gasteiger charge is 2.11. The molecule has 1 N–H and O–H groups in total. The second-order valence-corrected chi connectivity index (χ2v) is 8.11. The number of benzene rings is 2. The van der Waals surface area contributed by atoms with Gasteiger partial charge in [0.25, 0.3) is 5.69 Å². The van der Waals surface area contributed by atoms with Crippen molar-refractivity contribution in [1.29, 1.82) is 0 Å². The van der Waals surface area contributed by atoms with Crippen LogP contribution in [0.2, 0.25) is 0 Å². The van der Waals surface area contributed by atoms with Crippen LogP contribution in [0.4, 0.5) is 5.69 Å². The molecule has 6 nitrogen and oxygen atoms in total. The number of halogens is 1. The van der Waals surface area contributed by atoms with Crippen LogP contribution in [0.25, 0.3) is 0 Å². The summed E-state index contributed by atoms with van der Waals surface area (Å²) in [6.45, 7) is 4.30. The summed E-state index contributed by atoms with van der Waals surface area (Å²) in [6.07, 6.45) is 7.72. The van der Waals surface area contributed by atoms with Gasteiger partial charge in [-0.3, -0.25) is 10.1 Å². The van der Waals surface area contributed by atoms with Gasteiger partial charge in [-0.15, -0.1) is 0 Å². The first-order valence-corrected chi connectivity index (χ1v) is 11.3. The number of non-ortho nitro benzene ring substituents is 1. The van der Waals surface area contributed by atoms with Gasteiger partial charge >= 0.3 is 0 Å². The predicted molar refractivity (Wildman–Crippen MR) is 123 cm³/mol. The molecule has 2 rings (SSSR count). The van der Waals surface area contributed by atoms with Crippen LogP contribution < -0.4 is 14.8 Å². The number of hydrogen-bond donors (Lipinski definition) is 1. The minimum atomic E-state index is -0.413. The van der Waals surface area contributed by atoms with E-state index in [1.54, 1.807) is 19.2 Å². The summed E-state index contributed by atoms with van der Waals surface area (Å²) in [7, 11) is 1.62. The molecule has 0 aliphatic heterocycles. The van der Waals surface area contributed by atoms with Gasteiger partial charge in [0.1, 0.15) is 6.61 Å². The molecule has 0 spiro atoms. The van der Waals surface area contributed by atoms with E-state index in [1.165, 1.54) is 50.7 Å². The van der Waals surface area contributed by atoms with E-state index in [0.717, 1.165) is 28.7 Å². The van der Waals surface area contributed by atoms with Crippen LogP contribution in [-0.4, -0.2) is 18.6 Å². The highest BCUT2D eigenvalue weighted by molar-refractivity contribution is 9.10. The van der Waals surface area contributed by atoms with E-state index in [2.05, 4.69) is 28.2 Å². The lowest BCUT2D eigenvalue weighted by atomic mass is 10.1. The average Bonchev–Trinajstić information content (AvgIpc) is 2.75. The molecule has 0 fully saturated rings. The first-order valence-electron chi connectivity index (χ1n) is 10.5. The van der Waals surface area contributed by atoms with Gasteiger partial charge in [0.2, 0.25) is 0 Å². The number of nitro benzene ring substituents is 1. The number of hydrogen-bond acceptors (Lipinski definition) is 5. The average molecular weight is 479 g/mol. The first kappa shape index (κ1) is 24.2. The van der Waals surface area contributed by atoms with Crippen molar-refractivity contribution in [2.45, 2.75) is 58.6 Å². The lowest BCUT2D eigenvalue weighted by Crippen LogP contribution is -2.15. The molecule has 0 atom stereocenters. The fourth-order valence-corrected chi connectivity index (χ4v) is 3.58. The van der Waals surface area contributed by atoms with E-state index >= 15 is 0 Å². The Bertz CT molecular complexity index is 797. The summed E-state index contributed by atoms with van der Waals surface area (Å²) in [4.78, 5) is 10.3. The molecule has 0 radical (unpaired) electrons. The standard InChI is InChI=1S/C23H31BrN2O4/c1-3-4-5-6-7-8-13-25-16-19-14-22(29-2)23(15-21(19)24)30-17-18-9-11-20(12-10-18)26(27)28/h9-12,14-15,25H,3-8,13,16-17H2,1-2H3. The van der Waals surface area contributed by atoms with Gasteiger partial charge in [0.15, 0.2) is 11.5 Å². The van der Waals surface area contributed by atoms with Gasteiger partial charge in [-0.25, -0.2) is 0 Å². The summed E-state index contributed by atoms with van der Waals surface area (Å²) in [6, 6.07) is 10.2. The monoisotopic (exact) mass is 478 g/mol. The topological polar surface area (TPSA) is 73.6 Å². The Kier molecular flexibility index (Phi) is 10.7. The lowest BCUT2D eigenvalue weighted by Gasteiger charge is -2.14. The Morgan fingerprint density at radius 1 is 1.03 bits per heavy atom. The lowest BCUT2D eigenvalue weighted by molar-refractivity contribution is -0.384. The Morgan fingerprint density at radius 3 is 2.40 bits per heavy atom. The van der Waals surface area contributed by atoms with Crippen LogP contribution in [-0.2, 0) is 13.2 Å². The Morgan fingerprint density at radius 2 is 1.73 bits per heavy atom. The van der Waals surface area contributed by atoms with Crippen molar-refractivity contribution in [1.82, 2.24) is 5.32 Å². The van der Waals surface area contributed by atoms with Crippen LogP contribution in [0, 0.1) is 10.1 Å². The van der Waals surface area contributed by atoms with Crippen molar-refractivity contribution in [3.05, 3.63) is 62.1 Å². The van der Waals surface area contributed by atoms with Crippen LogP contribution in [0.3, 0.4) is 0 Å². The van der Waals surface area contributed by atoms with Crippen molar-refractivity contribution >= 4 is 21.6 Å². The van der Waals surface area contributed by atoms with E-state index < -0.39 is 4.92 Å². The Labute approximate surface area is 187 Å². The first-order chi connectivity index (χ1) is 14.5. The second-order valence-electron chi connectivity index (χ2n) is 7.25. The molecule has 0 aromatic heterocycles. The van der Waals surface area contributed by atoms with E-state index in [9.17, 15) is 10.1 Å².